The Labute approximate surface area is 108 Å². The molecule has 0 atom stereocenters. The zero-order valence-electron chi connectivity index (χ0n) is 10.5. The maximum Gasteiger partial charge on any atom is 0.101 e. The smallest absolute Gasteiger partial charge is 0.101 e. The van der Waals surface area contributed by atoms with E-state index >= 15 is 0 Å². The molecule has 0 aromatic heterocycles. The van der Waals surface area contributed by atoms with Gasteiger partial charge in [-0.1, -0.05) is 11.6 Å². The minimum atomic E-state index is 0.525. The highest BCUT2D eigenvalue weighted by Gasteiger charge is 2.04. The van der Waals surface area contributed by atoms with Gasteiger partial charge >= 0.3 is 0 Å². The van der Waals surface area contributed by atoms with E-state index in [1.165, 1.54) is 0 Å². The van der Waals surface area contributed by atoms with E-state index in [1.54, 1.807) is 12.1 Å². The number of rotatable bonds is 5. The summed E-state index contributed by atoms with van der Waals surface area (Å²) in [6.07, 6.45) is 0. The molecule has 0 amide bonds. The van der Waals surface area contributed by atoms with E-state index in [1.807, 2.05) is 6.07 Å². The number of anilines is 1. The van der Waals surface area contributed by atoms with Gasteiger partial charge in [0.1, 0.15) is 6.07 Å². The van der Waals surface area contributed by atoms with Crippen LogP contribution in [-0.4, -0.2) is 31.1 Å². The summed E-state index contributed by atoms with van der Waals surface area (Å²) in [5.41, 5.74) is 1.43. The van der Waals surface area contributed by atoms with Crippen molar-refractivity contribution in [3.8, 4) is 6.07 Å². The molecule has 0 aliphatic carbocycles. The lowest BCUT2D eigenvalue weighted by atomic mass is 10.2. The molecule has 0 heterocycles. The monoisotopic (exact) mass is 251 g/mol. The highest BCUT2D eigenvalue weighted by Crippen LogP contribution is 2.19. The van der Waals surface area contributed by atoms with Crippen LogP contribution in [0.4, 0.5) is 5.69 Å². The molecular formula is C13H18ClN3. The average molecular weight is 252 g/mol. The van der Waals surface area contributed by atoms with Gasteiger partial charge in [0.2, 0.25) is 0 Å². The molecule has 0 fully saturated rings. The Hall–Kier alpha value is -1.24. The Bertz CT molecular complexity index is 410. The van der Waals surface area contributed by atoms with E-state index in [4.69, 9.17) is 16.9 Å². The first-order chi connectivity index (χ1) is 8.04. The van der Waals surface area contributed by atoms with E-state index in [9.17, 15) is 0 Å². The Balaban J connectivity index is 2.55. The molecule has 0 radical (unpaired) electrons. The highest BCUT2D eigenvalue weighted by molar-refractivity contribution is 6.30. The van der Waals surface area contributed by atoms with Crippen LogP contribution >= 0.6 is 11.6 Å². The molecule has 1 N–H and O–H groups in total. The molecule has 4 heteroatoms. The SMILES string of the molecule is CC(C)N(C)CCNc1ccc(Cl)cc1C#N. The van der Waals surface area contributed by atoms with Crippen LogP contribution < -0.4 is 5.32 Å². The Morgan fingerprint density at radius 2 is 2.18 bits per heavy atom. The van der Waals surface area contributed by atoms with Gasteiger partial charge < -0.3 is 10.2 Å². The van der Waals surface area contributed by atoms with Crippen molar-refractivity contribution in [2.24, 2.45) is 0 Å². The third-order valence-corrected chi connectivity index (χ3v) is 3.00. The topological polar surface area (TPSA) is 39.1 Å². The second-order valence-electron chi connectivity index (χ2n) is 4.30. The molecule has 0 spiro atoms. The average Bonchev–Trinajstić information content (AvgIpc) is 2.30. The van der Waals surface area contributed by atoms with Crippen molar-refractivity contribution in [1.82, 2.24) is 4.90 Å². The van der Waals surface area contributed by atoms with Crippen molar-refractivity contribution in [2.45, 2.75) is 19.9 Å². The van der Waals surface area contributed by atoms with Crippen LogP contribution in [0.5, 0.6) is 0 Å². The second kappa shape index (κ2) is 6.48. The zero-order chi connectivity index (χ0) is 12.8. The van der Waals surface area contributed by atoms with Crippen LogP contribution in [0.25, 0.3) is 0 Å². The predicted molar refractivity (Wildman–Crippen MR) is 72.4 cm³/mol. The molecule has 0 saturated carbocycles. The van der Waals surface area contributed by atoms with E-state index in [2.05, 4.69) is 37.2 Å². The van der Waals surface area contributed by atoms with Gasteiger partial charge in [0, 0.05) is 24.2 Å². The summed E-state index contributed by atoms with van der Waals surface area (Å²) >= 11 is 5.83. The van der Waals surface area contributed by atoms with E-state index < -0.39 is 0 Å². The molecule has 0 bridgehead atoms. The van der Waals surface area contributed by atoms with Crippen molar-refractivity contribution in [3.63, 3.8) is 0 Å². The fraction of sp³-hybridized carbons (Fsp3) is 0.462. The lowest BCUT2D eigenvalue weighted by Gasteiger charge is -2.21. The number of halogens is 1. The number of nitriles is 1. The van der Waals surface area contributed by atoms with Crippen molar-refractivity contribution in [2.75, 3.05) is 25.5 Å². The van der Waals surface area contributed by atoms with Crippen molar-refractivity contribution in [1.29, 1.82) is 5.26 Å². The van der Waals surface area contributed by atoms with Gasteiger partial charge in [-0.15, -0.1) is 0 Å². The summed E-state index contributed by atoms with van der Waals surface area (Å²) in [6, 6.07) is 7.97. The molecule has 92 valence electrons. The first-order valence-electron chi connectivity index (χ1n) is 5.68. The number of hydrogen-bond acceptors (Lipinski definition) is 3. The number of hydrogen-bond donors (Lipinski definition) is 1. The summed E-state index contributed by atoms with van der Waals surface area (Å²) in [5, 5.41) is 12.8. The van der Waals surface area contributed by atoms with Gasteiger partial charge in [0.25, 0.3) is 0 Å². The lowest BCUT2D eigenvalue weighted by Crippen LogP contribution is -2.31. The van der Waals surface area contributed by atoms with Gasteiger partial charge in [-0.25, -0.2) is 0 Å². The van der Waals surface area contributed by atoms with Crippen LogP contribution in [0.15, 0.2) is 18.2 Å². The van der Waals surface area contributed by atoms with Crippen molar-refractivity contribution >= 4 is 17.3 Å². The zero-order valence-corrected chi connectivity index (χ0v) is 11.3. The Morgan fingerprint density at radius 1 is 1.47 bits per heavy atom. The predicted octanol–water partition coefficient (Wildman–Crippen LogP) is 2.96. The number of benzene rings is 1. The summed E-state index contributed by atoms with van der Waals surface area (Å²) in [4.78, 5) is 2.25. The molecule has 0 aliphatic heterocycles. The second-order valence-corrected chi connectivity index (χ2v) is 4.74. The maximum absolute atomic E-state index is 8.98. The van der Waals surface area contributed by atoms with Gasteiger partial charge in [0.05, 0.1) is 11.3 Å². The first kappa shape index (κ1) is 13.8. The minimum absolute atomic E-state index is 0.525. The number of nitrogens with one attached hydrogen (secondary N) is 1. The Kier molecular flexibility index (Phi) is 5.27. The highest BCUT2D eigenvalue weighted by atomic mass is 35.5. The summed E-state index contributed by atoms with van der Waals surface area (Å²) in [7, 11) is 2.08. The normalized spacial score (nSPS) is 10.6. The largest absolute Gasteiger partial charge is 0.383 e. The quantitative estimate of drug-likeness (QED) is 0.875. The fourth-order valence-corrected chi connectivity index (χ4v) is 1.56. The van der Waals surface area contributed by atoms with Crippen LogP contribution in [0, 0.1) is 11.3 Å². The maximum atomic E-state index is 8.98. The fourth-order valence-electron chi connectivity index (χ4n) is 1.39. The molecule has 1 rings (SSSR count). The van der Waals surface area contributed by atoms with Crippen LogP contribution in [0.2, 0.25) is 5.02 Å². The van der Waals surface area contributed by atoms with Gasteiger partial charge in [-0.05, 0) is 39.1 Å². The van der Waals surface area contributed by atoms with Gasteiger partial charge in [0.15, 0.2) is 0 Å². The van der Waals surface area contributed by atoms with E-state index in [0.717, 1.165) is 18.8 Å². The molecule has 3 nitrogen and oxygen atoms in total. The van der Waals surface area contributed by atoms with Crippen LogP contribution in [-0.2, 0) is 0 Å². The molecule has 1 aromatic carbocycles. The van der Waals surface area contributed by atoms with Crippen molar-refractivity contribution in [3.05, 3.63) is 28.8 Å². The number of likely N-dealkylation sites (N-methyl/N-ethyl adjacent to an activating group) is 1. The summed E-state index contributed by atoms with van der Waals surface area (Å²) in [6.45, 7) is 6.06. The molecule has 0 aliphatic rings. The van der Waals surface area contributed by atoms with Gasteiger partial charge in [-0.3, -0.25) is 0 Å². The Morgan fingerprint density at radius 3 is 2.76 bits per heavy atom. The summed E-state index contributed by atoms with van der Waals surface area (Å²) < 4.78 is 0. The minimum Gasteiger partial charge on any atom is -0.383 e. The molecule has 1 aromatic rings. The molecule has 0 unspecified atom stereocenters. The molecular weight excluding hydrogens is 234 g/mol. The van der Waals surface area contributed by atoms with E-state index in [0.29, 0.717) is 16.6 Å². The van der Waals surface area contributed by atoms with Crippen LogP contribution in [0.1, 0.15) is 19.4 Å². The molecule has 17 heavy (non-hydrogen) atoms. The number of nitrogens with zero attached hydrogens (tertiary/aromatic N) is 2. The lowest BCUT2D eigenvalue weighted by molar-refractivity contribution is 0.284. The first-order valence-corrected chi connectivity index (χ1v) is 6.06. The third-order valence-electron chi connectivity index (χ3n) is 2.76. The van der Waals surface area contributed by atoms with E-state index in [-0.39, 0.29) is 0 Å². The van der Waals surface area contributed by atoms with Gasteiger partial charge in [-0.2, -0.15) is 5.26 Å². The third kappa shape index (κ3) is 4.26. The molecule has 0 saturated heterocycles. The summed E-state index contributed by atoms with van der Waals surface area (Å²) in [5.74, 6) is 0. The van der Waals surface area contributed by atoms with Crippen LogP contribution in [0.3, 0.4) is 0 Å². The van der Waals surface area contributed by atoms with Crippen molar-refractivity contribution < 1.29 is 0 Å². The standard InChI is InChI=1S/C13H18ClN3/c1-10(2)17(3)7-6-16-13-5-4-12(14)8-11(13)9-15/h4-5,8,10,16H,6-7H2,1-3H3.